The lowest BCUT2D eigenvalue weighted by Gasteiger charge is -2.35. The number of aromatic nitrogens is 1. The van der Waals surface area contributed by atoms with Crippen LogP contribution in [0.5, 0.6) is 0 Å². The molecule has 2 N–H and O–H groups in total. The van der Waals surface area contributed by atoms with E-state index < -0.39 is 0 Å². The summed E-state index contributed by atoms with van der Waals surface area (Å²) >= 11 is 7.77. The van der Waals surface area contributed by atoms with Crippen molar-refractivity contribution in [1.29, 1.82) is 0 Å². The third-order valence-electron chi connectivity index (χ3n) is 4.59. The van der Waals surface area contributed by atoms with Gasteiger partial charge in [0.05, 0.1) is 25.8 Å². The number of hydrogen-bond acceptors (Lipinski definition) is 5. The summed E-state index contributed by atoms with van der Waals surface area (Å²) in [5, 5.41) is 8.62. The lowest BCUT2D eigenvalue weighted by molar-refractivity contribution is 0.0170. The minimum atomic E-state index is 0.229. The molecule has 0 aliphatic carbocycles. The van der Waals surface area contributed by atoms with Gasteiger partial charge in [0, 0.05) is 42.3 Å². The van der Waals surface area contributed by atoms with Crippen LogP contribution in [0.2, 0.25) is 5.02 Å². The Morgan fingerprint density at radius 2 is 2.04 bits per heavy atom. The number of aliphatic imine (C=N–C) groups is 1. The number of nitrogens with one attached hydrogen (secondary N) is 2. The van der Waals surface area contributed by atoms with E-state index in [1.54, 1.807) is 11.3 Å². The lowest BCUT2D eigenvalue weighted by Crippen LogP contribution is -2.46. The van der Waals surface area contributed by atoms with Gasteiger partial charge in [-0.25, -0.2) is 9.98 Å². The average molecular weight is 422 g/mol. The van der Waals surface area contributed by atoms with Crippen LogP contribution in [-0.4, -0.2) is 55.2 Å². The summed E-state index contributed by atoms with van der Waals surface area (Å²) in [6.45, 7) is 9.65. The first-order valence-electron chi connectivity index (χ1n) is 9.66. The van der Waals surface area contributed by atoms with E-state index in [1.165, 1.54) is 10.4 Å². The zero-order valence-electron chi connectivity index (χ0n) is 16.4. The van der Waals surface area contributed by atoms with Crippen LogP contribution >= 0.6 is 22.9 Å². The monoisotopic (exact) mass is 421 g/mol. The number of halogens is 1. The van der Waals surface area contributed by atoms with Crippen molar-refractivity contribution in [3.05, 3.63) is 50.9 Å². The zero-order valence-corrected chi connectivity index (χ0v) is 18.0. The molecule has 1 aromatic carbocycles. The topological polar surface area (TPSA) is 61.8 Å². The minimum absolute atomic E-state index is 0.229. The SMILES string of the molecule is CCNC(=NCc1ncc(C)s1)NCC(c1ccc(Cl)cc1)N1CCOCC1. The molecule has 1 aliphatic rings. The molecule has 0 radical (unpaired) electrons. The maximum Gasteiger partial charge on any atom is 0.191 e. The molecule has 1 saturated heterocycles. The van der Waals surface area contributed by atoms with Crippen molar-refractivity contribution >= 4 is 28.9 Å². The molecule has 1 aromatic heterocycles. The molecule has 6 nitrogen and oxygen atoms in total. The first-order valence-corrected chi connectivity index (χ1v) is 10.9. The second-order valence-corrected chi connectivity index (χ2v) is 8.41. The van der Waals surface area contributed by atoms with E-state index in [-0.39, 0.29) is 6.04 Å². The minimum Gasteiger partial charge on any atom is -0.379 e. The Balaban J connectivity index is 1.69. The number of nitrogens with zero attached hydrogens (tertiary/aromatic N) is 3. The zero-order chi connectivity index (χ0) is 19.8. The molecule has 2 aromatic rings. The molecule has 152 valence electrons. The molecule has 1 aliphatic heterocycles. The predicted octanol–water partition coefficient (Wildman–Crippen LogP) is 3.23. The van der Waals surface area contributed by atoms with Crippen LogP contribution in [0.4, 0.5) is 0 Å². The van der Waals surface area contributed by atoms with Crippen LogP contribution in [0.3, 0.4) is 0 Å². The summed E-state index contributed by atoms with van der Waals surface area (Å²) in [6, 6.07) is 8.34. The van der Waals surface area contributed by atoms with Crippen LogP contribution in [0.1, 0.15) is 28.4 Å². The second kappa shape index (κ2) is 10.8. The van der Waals surface area contributed by atoms with E-state index in [9.17, 15) is 0 Å². The maximum atomic E-state index is 6.09. The Hall–Kier alpha value is -1.67. The number of guanidine groups is 1. The molecule has 1 atom stereocenters. The van der Waals surface area contributed by atoms with Gasteiger partial charge < -0.3 is 15.4 Å². The molecule has 1 fully saturated rings. The van der Waals surface area contributed by atoms with Gasteiger partial charge in [0.2, 0.25) is 0 Å². The van der Waals surface area contributed by atoms with Crippen LogP contribution in [0.25, 0.3) is 0 Å². The van der Waals surface area contributed by atoms with Gasteiger partial charge in [0.15, 0.2) is 5.96 Å². The fourth-order valence-electron chi connectivity index (χ4n) is 3.19. The van der Waals surface area contributed by atoms with Crippen molar-refractivity contribution in [3.8, 4) is 0 Å². The Morgan fingerprint density at radius 1 is 1.29 bits per heavy atom. The van der Waals surface area contributed by atoms with E-state index in [1.807, 2.05) is 18.3 Å². The number of ether oxygens (including phenoxy) is 1. The summed E-state index contributed by atoms with van der Waals surface area (Å²) in [5.41, 5.74) is 1.24. The van der Waals surface area contributed by atoms with Crippen LogP contribution in [-0.2, 0) is 11.3 Å². The molecule has 28 heavy (non-hydrogen) atoms. The van der Waals surface area contributed by atoms with Crippen LogP contribution in [0, 0.1) is 6.92 Å². The van der Waals surface area contributed by atoms with Gasteiger partial charge in [-0.05, 0) is 31.5 Å². The number of benzene rings is 1. The number of thiazole rings is 1. The van der Waals surface area contributed by atoms with Crippen molar-refractivity contribution < 1.29 is 4.74 Å². The summed E-state index contributed by atoms with van der Waals surface area (Å²) in [7, 11) is 0. The molecule has 0 bridgehead atoms. The molecule has 0 saturated carbocycles. The first kappa shape index (κ1) is 21.0. The molecule has 0 amide bonds. The predicted molar refractivity (Wildman–Crippen MR) is 116 cm³/mol. The van der Waals surface area contributed by atoms with E-state index in [0.717, 1.165) is 55.4 Å². The van der Waals surface area contributed by atoms with Gasteiger partial charge in [-0.1, -0.05) is 23.7 Å². The van der Waals surface area contributed by atoms with Gasteiger partial charge in [-0.3, -0.25) is 4.90 Å². The largest absolute Gasteiger partial charge is 0.379 e. The number of morpholine rings is 1. The highest BCUT2D eigenvalue weighted by molar-refractivity contribution is 7.11. The molecule has 1 unspecified atom stereocenters. The van der Waals surface area contributed by atoms with E-state index in [2.05, 4.69) is 46.5 Å². The van der Waals surface area contributed by atoms with Crippen LogP contribution in [0.15, 0.2) is 35.5 Å². The smallest absolute Gasteiger partial charge is 0.191 e. The number of aryl methyl sites for hydroxylation is 1. The Morgan fingerprint density at radius 3 is 2.68 bits per heavy atom. The maximum absolute atomic E-state index is 6.09. The first-order chi connectivity index (χ1) is 13.7. The average Bonchev–Trinajstić information content (AvgIpc) is 3.13. The summed E-state index contributed by atoms with van der Waals surface area (Å²) in [4.78, 5) is 12.8. The molecular weight excluding hydrogens is 394 g/mol. The fourth-order valence-corrected chi connectivity index (χ4v) is 4.03. The van der Waals surface area contributed by atoms with Crippen molar-refractivity contribution in [2.24, 2.45) is 4.99 Å². The molecular formula is C20H28ClN5OS. The van der Waals surface area contributed by atoms with Crippen LogP contribution < -0.4 is 10.6 Å². The normalized spacial score (nSPS) is 16.8. The quantitative estimate of drug-likeness (QED) is 0.531. The summed E-state index contributed by atoms with van der Waals surface area (Å²) in [6.07, 6.45) is 1.89. The Kier molecular flexibility index (Phi) is 8.09. The van der Waals surface area contributed by atoms with Crippen molar-refractivity contribution in [1.82, 2.24) is 20.5 Å². The highest BCUT2D eigenvalue weighted by Crippen LogP contribution is 2.23. The van der Waals surface area contributed by atoms with Gasteiger partial charge in [0.1, 0.15) is 5.01 Å². The summed E-state index contributed by atoms with van der Waals surface area (Å²) < 4.78 is 5.53. The number of rotatable bonds is 7. The fraction of sp³-hybridized carbons (Fsp3) is 0.500. The van der Waals surface area contributed by atoms with E-state index in [0.29, 0.717) is 6.54 Å². The van der Waals surface area contributed by atoms with Crippen molar-refractivity contribution in [2.75, 3.05) is 39.4 Å². The Labute approximate surface area is 176 Å². The molecule has 0 spiro atoms. The molecule has 3 rings (SSSR count). The van der Waals surface area contributed by atoms with Gasteiger partial charge in [-0.15, -0.1) is 11.3 Å². The van der Waals surface area contributed by atoms with E-state index in [4.69, 9.17) is 21.3 Å². The number of hydrogen-bond donors (Lipinski definition) is 2. The standard InChI is InChI=1S/C20H28ClN5OS/c1-3-22-20(25-14-19-23-12-15(2)28-19)24-13-18(26-8-10-27-11-9-26)16-4-6-17(21)7-5-16/h4-7,12,18H,3,8-11,13-14H2,1-2H3,(H2,22,24,25). The highest BCUT2D eigenvalue weighted by atomic mass is 35.5. The summed E-state index contributed by atoms with van der Waals surface area (Å²) in [5.74, 6) is 0.808. The molecule has 8 heteroatoms. The third kappa shape index (κ3) is 6.17. The second-order valence-electron chi connectivity index (χ2n) is 6.66. The van der Waals surface area contributed by atoms with Crippen molar-refractivity contribution in [2.45, 2.75) is 26.4 Å². The van der Waals surface area contributed by atoms with E-state index >= 15 is 0 Å². The van der Waals surface area contributed by atoms with Gasteiger partial charge in [0.25, 0.3) is 0 Å². The lowest BCUT2D eigenvalue weighted by atomic mass is 10.0. The van der Waals surface area contributed by atoms with Crippen molar-refractivity contribution in [3.63, 3.8) is 0 Å². The van der Waals surface area contributed by atoms with Gasteiger partial charge >= 0.3 is 0 Å². The highest BCUT2D eigenvalue weighted by Gasteiger charge is 2.23. The van der Waals surface area contributed by atoms with Gasteiger partial charge in [-0.2, -0.15) is 0 Å². The molecule has 2 heterocycles. The third-order valence-corrected chi connectivity index (χ3v) is 5.74. The Bertz CT molecular complexity index is 758.